The normalized spacial score (nSPS) is 15.2. The SMILES string of the molecule is CCOc1ccccc1NC(=O)C1=C(C)Nc2nnnn2C1c1cccc(OC)c1. The fourth-order valence-electron chi connectivity index (χ4n) is 3.47. The standard InChI is InChI=1S/C21H22N6O3/c1-4-30-17-11-6-5-10-16(17)23-20(28)18-13(2)22-21-24-25-26-27(21)19(18)14-8-7-9-15(12-14)29-3/h5-12,19H,4H2,1-3H3,(H,23,28)(H,22,24,26). The van der Waals surface area contributed by atoms with E-state index < -0.39 is 6.04 Å². The number of allylic oxidation sites excluding steroid dienone is 1. The van der Waals surface area contributed by atoms with Crippen LogP contribution in [0.15, 0.2) is 59.8 Å². The van der Waals surface area contributed by atoms with Gasteiger partial charge in [0.05, 0.1) is 25.0 Å². The summed E-state index contributed by atoms with van der Waals surface area (Å²) >= 11 is 0. The number of fused-ring (bicyclic) bond motifs is 1. The molecule has 0 spiro atoms. The van der Waals surface area contributed by atoms with Crippen molar-refractivity contribution in [2.75, 3.05) is 24.4 Å². The second-order valence-corrected chi connectivity index (χ2v) is 6.67. The van der Waals surface area contributed by atoms with Gasteiger partial charge in [-0.1, -0.05) is 29.4 Å². The molecule has 1 amide bonds. The first-order chi connectivity index (χ1) is 14.6. The summed E-state index contributed by atoms with van der Waals surface area (Å²) in [5.74, 6) is 1.48. The predicted molar refractivity (Wildman–Crippen MR) is 112 cm³/mol. The van der Waals surface area contributed by atoms with Gasteiger partial charge in [0.2, 0.25) is 5.95 Å². The number of hydrogen-bond acceptors (Lipinski definition) is 7. The van der Waals surface area contributed by atoms with Crippen molar-refractivity contribution in [3.8, 4) is 11.5 Å². The summed E-state index contributed by atoms with van der Waals surface area (Å²) in [6, 6.07) is 14.3. The van der Waals surface area contributed by atoms with Crippen LogP contribution >= 0.6 is 0 Å². The molecule has 2 heterocycles. The van der Waals surface area contributed by atoms with Gasteiger partial charge in [0, 0.05) is 5.70 Å². The molecule has 0 fully saturated rings. The molecule has 0 saturated heterocycles. The van der Waals surface area contributed by atoms with Gasteiger partial charge in [0.25, 0.3) is 5.91 Å². The second kappa shape index (κ2) is 8.24. The highest BCUT2D eigenvalue weighted by Gasteiger charge is 2.34. The van der Waals surface area contributed by atoms with Crippen LogP contribution in [0.25, 0.3) is 0 Å². The number of anilines is 2. The lowest BCUT2D eigenvalue weighted by atomic mass is 9.95. The van der Waals surface area contributed by atoms with Crippen LogP contribution in [0, 0.1) is 0 Å². The van der Waals surface area contributed by atoms with Crippen molar-refractivity contribution in [2.24, 2.45) is 0 Å². The molecular formula is C21H22N6O3. The van der Waals surface area contributed by atoms with Crippen LogP contribution in [0.3, 0.4) is 0 Å². The van der Waals surface area contributed by atoms with Crippen LogP contribution in [0.4, 0.5) is 11.6 Å². The number of tetrazole rings is 1. The molecule has 1 atom stereocenters. The Morgan fingerprint density at radius 3 is 2.87 bits per heavy atom. The fourth-order valence-corrected chi connectivity index (χ4v) is 3.47. The first kappa shape index (κ1) is 19.4. The molecule has 9 nitrogen and oxygen atoms in total. The summed E-state index contributed by atoms with van der Waals surface area (Å²) in [4.78, 5) is 13.4. The van der Waals surface area contributed by atoms with E-state index in [2.05, 4.69) is 26.2 Å². The minimum atomic E-state index is -0.523. The van der Waals surface area contributed by atoms with E-state index in [0.29, 0.717) is 41.0 Å². The van der Waals surface area contributed by atoms with Crippen LogP contribution in [0.1, 0.15) is 25.5 Å². The monoisotopic (exact) mass is 406 g/mol. The number of nitrogens with zero attached hydrogens (tertiary/aromatic N) is 4. The number of para-hydroxylation sites is 2. The molecule has 0 radical (unpaired) electrons. The van der Waals surface area contributed by atoms with Crippen molar-refractivity contribution in [3.05, 3.63) is 65.4 Å². The molecule has 2 N–H and O–H groups in total. The van der Waals surface area contributed by atoms with E-state index in [4.69, 9.17) is 9.47 Å². The number of methoxy groups -OCH3 is 1. The third-order valence-electron chi connectivity index (χ3n) is 4.80. The smallest absolute Gasteiger partial charge is 0.255 e. The molecule has 2 aromatic carbocycles. The average Bonchev–Trinajstić information content (AvgIpc) is 3.22. The van der Waals surface area contributed by atoms with Gasteiger partial charge < -0.3 is 20.1 Å². The van der Waals surface area contributed by atoms with Gasteiger partial charge >= 0.3 is 0 Å². The predicted octanol–water partition coefficient (Wildman–Crippen LogP) is 3.01. The van der Waals surface area contributed by atoms with Gasteiger partial charge in [-0.05, 0) is 54.1 Å². The molecule has 154 valence electrons. The maximum Gasteiger partial charge on any atom is 0.255 e. The molecule has 4 rings (SSSR count). The number of carbonyl (C=O) groups is 1. The van der Waals surface area contributed by atoms with Crippen molar-refractivity contribution in [3.63, 3.8) is 0 Å². The Bertz CT molecular complexity index is 1110. The topological polar surface area (TPSA) is 103 Å². The molecule has 3 aromatic rings. The first-order valence-electron chi connectivity index (χ1n) is 9.55. The number of rotatable bonds is 6. The van der Waals surface area contributed by atoms with E-state index in [-0.39, 0.29) is 5.91 Å². The quantitative estimate of drug-likeness (QED) is 0.649. The summed E-state index contributed by atoms with van der Waals surface area (Å²) < 4.78 is 12.6. The molecule has 1 aliphatic rings. The summed E-state index contributed by atoms with van der Waals surface area (Å²) in [5.41, 5.74) is 2.58. The molecule has 30 heavy (non-hydrogen) atoms. The number of amides is 1. The summed E-state index contributed by atoms with van der Waals surface area (Å²) in [5, 5.41) is 18.0. The molecule has 0 aliphatic carbocycles. The van der Waals surface area contributed by atoms with Gasteiger partial charge in [-0.2, -0.15) is 4.68 Å². The number of carbonyl (C=O) groups excluding carboxylic acids is 1. The maximum absolute atomic E-state index is 13.4. The Labute approximate surface area is 173 Å². The zero-order valence-corrected chi connectivity index (χ0v) is 16.9. The molecule has 0 bridgehead atoms. The van der Waals surface area contributed by atoms with Crippen LogP contribution in [-0.4, -0.2) is 39.8 Å². The highest BCUT2D eigenvalue weighted by molar-refractivity contribution is 6.06. The molecular weight excluding hydrogens is 384 g/mol. The van der Waals surface area contributed by atoms with E-state index in [0.717, 1.165) is 5.56 Å². The van der Waals surface area contributed by atoms with Gasteiger partial charge in [-0.15, -0.1) is 0 Å². The number of benzene rings is 2. The van der Waals surface area contributed by atoms with E-state index in [1.54, 1.807) is 17.9 Å². The van der Waals surface area contributed by atoms with Crippen LogP contribution < -0.4 is 20.1 Å². The fraction of sp³-hybridized carbons (Fsp3) is 0.238. The Kier molecular flexibility index (Phi) is 5.34. The Morgan fingerprint density at radius 1 is 1.23 bits per heavy atom. The number of ether oxygens (including phenoxy) is 2. The third-order valence-corrected chi connectivity index (χ3v) is 4.80. The van der Waals surface area contributed by atoms with Gasteiger partial charge in [-0.25, -0.2) is 0 Å². The van der Waals surface area contributed by atoms with Gasteiger partial charge in [0.1, 0.15) is 17.5 Å². The summed E-state index contributed by atoms with van der Waals surface area (Å²) in [6.07, 6.45) is 0. The average molecular weight is 406 g/mol. The largest absolute Gasteiger partial charge is 0.497 e. The summed E-state index contributed by atoms with van der Waals surface area (Å²) in [6.45, 7) is 4.22. The van der Waals surface area contributed by atoms with Crippen LogP contribution in [0.2, 0.25) is 0 Å². The Hall–Kier alpha value is -3.88. The maximum atomic E-state index is 13.4. The third kappa shape index (κ3) is 3.57. The second-order valence-electron chi connectivity index (χ2n) is 6.67. The molecule has 1 aliphatic heterocycles. The Morgan fingerprint density at radius 2 is 2.07 bits per heavy atom. The molecule has 0 saturated carbocycles. The minimum Gasteiger partial charge on any atom is -0.497 e. The number of hydrogen-bond donors (Lipinski definition) is 2. The van der Waals surface area contributed by atoms with Gasteiger partial charge in [-0.3, -0.25) is 4.79 Å². The zero-order valence-electron chi connectivity index (χ0n) is 16.9. The van der Waals surface area contributed by atoms with Crippen molar-refractivity contribution < 1.29 is 14.3 Å². The first-order valence-corrected chi connectivity index (χ1v) is 9.55. The van der Waals surface area contributed by atoms with Crippen LogP contribution in [-0.2, 0) is 4.79 Å². The molecule has 1 aromatic heterocycles. The van der Waals surface area contributed by atoms with Crippen molar-refractivity contribution in [2.45, 2.75) is 19.9 Å². The molecule has 9 heteroatoms. The number of nitrogens with one attached hydrogen (secondary N) is 2. The van der Waals surface area contributed by atoms with Gasteiger partial charge in [0.15, 0.2) is 0 Å². The van der Waals surface area contributed by atoms with Crippen molar-refractivity contribution >= 4 is 17.5 Å². The highest BCUT2D eigenvalue weighted by atomic mass is 16.5. The van der Waals surface area contributed by atoms with E-state index in [9.17, 15) is 4.79 Å². The van der Waals surface area contributed by atoms with E-state index in [1.165, 1.54) is 0 Å². The Balaban J connectivity index is 1.75. The lowest BCUT2D eigenvalue weighted by Crippen LogP contribution is -2.31. The lowest BCUT2D eigenvalue weighted by Gasteiger charge is -2.28. The molecule has 1 unspecified atom stereocenters. The van der Waals surface area contributed by atoms with Crippen molar-refractivity contribution in [1.82, 2.24) is 20.2 Å². The summed E-state index contributed by atoms with van der Waals surface area (Å²) in [7, 11) is 1.60. The van der Waals surface area contributed by atoms with E-state index in [1.807, 2.05) is 56.3 Å². The van der Waals surface area contributed by atoms with Crippen LogP contribution in [0.5, 0.6) is 11.5 Å². The van der Waals surface area contributed by atoms with Crippen molar-refractivity contribution in [1.29, 1.82) is 0 Å². The van der Waals surface area contributed by atoms with E-state index >= 15 is 0 Å². The lowest BCUT2D eigenvalue weighted by molar-refractivity contribution is -0.113. The highest BCUT2D eigenvalue weighted by Crippen LogP contribution is 2.36. The zero-order chi connectivity index (χ0) is 21.1. The number of aromatic nitrogens is 4. The minimum absolute atomic E-state index is 0.277.